The maximum Gasteiger partial charge on any atom is 0.432 e. The van der Waals surface area contributed by atoms with E-state index in [1.807, 2.05) is 0 Å². The molecule has 0 N–H and O–H groups in total. The molecule has 1 aromatic rings. The Labute approximate surface area is 213 Å². The van der Waals surface area contributed by atoms with Crippen LogP contribution in [-0.2, 0) is 19.9 Å². The second-order valence-corrected chi connectivity index (χ2v) is 10.9. The minimum atomic E-state index is -5.01. The van der Waals surface area contributed by atoms with Crippen molar-refractivity contribution >= 4 is 5.97 Å². The lowest BCUT2D eigenvalue weighted by Crippen LogP contribution is -2.52. The Morgan fingerprint density at radius 2 is 1.83 bits per heavy atom. The molecule has 3 nitrogen and oxygen atoms in total. The summed E-state index contributed by atoms with van der Waals surface area (Å²) in [4.78, 5) is 13.5. The van der Waals surface area contributed by atoms with Crippen LogP contribution in [0.15, 0.2) is 65.8 Å². The van der Waals surface area contributed by atoms with Crippen LogP contribution in [0, 0.1) is 17.3 Å². The van der Waals surface area contributed by atoms with Crippen molar-refractivity contribution in [3.8, 4) is 0 Å². The Morgan fingerprint density at radius 3 is 2.42 bits per heavy atom. The normalized spacial score (nSPS) is 30.3. The molecule has 2 aliphatic rings. The lowest BCUT2D eigenvalue weighted by Gasteiger charge is -2.37. The summed E-state index contributed by atoms with van der Waals surface area (Å²) in [5, 5.41) is 0. The van der Waals surface area contributed by atoms with E-state index in [9.17, 15) is 18.0 Å². The van der Waals surface area contributed by atoms with Crippen molar-refractivity contribution in [3.63, 3.8) is 0 Å². The highest BCUT2D eigenvalue weighted by Crippen LogP contribution is 2.53. The topological polar surface area (TPSA) is 35.5 Å². The van der Waals surface area contributed by atoms with Crippen molar-refractivity contribution in [3.05, 3.63) is 71.3 Å². The molecular formula is C30H39F3O3. The molecule has 0 unspecified atom stereocenters. The first-order valence-corrected chi connectivity index (χ1v) is 12.8. The standard InChI is InChI=1S/C30H39F3O3/c1-20(2)24-17-18-28(5)19-26(22(4)12-10-11-21(3)15-16-25(24)28)36-27(34)29(35-6,30(31,32)33)23-13-8-7-9-14-23/h7-9,11,13-14,16,20,24,26H,4,10,12,15,17-19H2,1-3,5-6H3/b21-11+,25-16-/t24-,26-,28-,29-/m0/s1. The van der Waals surface area contributed by atoms with E-state index in [-0.39, 0.29) is 11.0 Å². The maximum atomic E-state index is 14.5. The van der Waals surface area contributed by atoms with E-state index in [1.54, 1.807) is 6.07 Å². The zero-order valence-corrected chi connectivity index (χ0v) is 22.1. The molecule has 1 fully saturated rings. The molecule has 6 heteroatoms. The largest absolute Gasteiger partial charge is 0.455 e. The minimum Gasteiger partial charge on any atom is -0.455 e. The van der Waals surface area contributed by atoms with Crippen LogP contribution in [0.2, 0.25) is 0 Å². The van der Waals surface area contributed by atoms with Gasteiger partial charge in [-0.2, -0.15) is 13.2 Å². The number of halogens is 3. The number of carbonyl (C=O) groups is 1. The van der Waals surface area contributed by atoms with E-state index in [2.05, 4.69) is 46.4 Å². The summed E-state index contributed by atoms with van der Waals surface area (Å²) in [6.07, 6.45) is 2.94. The Balaban J connectivity index is 2.02. The molecular weight excluding hydrogens is 465 g/mol. The van der Waals surface area contributed by atoms with E-state index >= 15 is 0 Å². The molecule has 0 saturated heterocycles. The summed E-state index contributed by atoms with van der Waals surface area (Å²) < 4.78 is 54.2. The SMILES string of the molecule is C=C1CC/C=C(\C)C/C=C2/[C@H](C(C)C)CC[C@@]2(C)C[C@@H]1OC(=O)[C@@](OC)(c1ccccc1)C(F)(F)F. The Hall–Kier alpha value is -2.34. The molecule has 0 radical (unpaired) electrons. The lowest BCUT2D eigenvalue weighted by atomic mass is 9.74. The van der Waals surface area contributed by atoms with Gasteiger partial charge in [-0.15, -0.1) is 0 Å². The van der Waals surface area contributed by atoms with Gasteiger partial charge >= 0.3 is 12.1 Å². The summed E-state index contributed by atoms with van der Waals surface area (Å²) in [5.41, 5.74) is -0.623. The van der Waals surface area contributed by atoms with Crippen molar-refractivity contribution in [1.29, 1.82) is 0 Å². The van der Waals surface area contributed by atoms with Crippen molar-refractivity contribution in [2.24, 2.45) is 17.3 Å². The number of hydrogen-bond acceptors (Lipinski definition) is 3. The number of alkyl halides is 3. The number of hydrogen-bond donors (Lipinski definition) is 0. The molecule has 0 heterocycles. The van der Waals surface area contributed by atoms with Gasteiger partial charge in [0.2, 0.25) is 0 Å². The molecule has 0 aromatic heterocycles. The smallest absolute Gasteiger partial charge is 0.432 e. The third-order valence-corrected chi connectivity index (χ3v) is 8.02. The van der Waals surface area contributed by atoms with E-state index in [1.165, 1.54) is 35.4 Å². The van der Waals surface area contributed by atoms with E-state index in [0.717, 1.165) is 26.4 Å². The van der Waals surface area contributed by atoms with Crippen LogP contribution in [0.3, 0.4) is 0 Å². The number of rotatable bonds is 5. The number of benzene rings is 1. The monoisotopic (exact) mass is 504 g/mol. The minimum absolute atomic E-state index is 0.297. The lowest BCUT2D eigenvalue weighted by molar-refractivity contribution is -0.278. The van der Waals surface area contributed by atoms with E-state index in [0.29, 0.717) is 36.7 Å². The maximum absolute atomic E-state index is 14.5. The van der Waals surface area contributed by atoms with Crippen LogP contribution >= 0.6 is 0 Å². The van der Waals surface area contributed by atoms with Gasteiger partial charge in [-0.3, -0.25) is 0 Å². The summed E-state index contributed by atoms with van der Waals surface area (Å²) in [6, 6.07) is 6.97. The molecule has 4 atom stereocenters. The summed E-state index contributed by atoms with van der Waals surface area (Å²) >= 11 is 0. The fourth-order valence-electron chi connectivity index (χ4n) is 5.83. The number of allylic oxidation sites excluding steroid dienone is 4. The molecule has 1 saturated carbocycles. The predicted octanol–water partition coefficient (Wildman–Crippen LogP) is 8.08. The number of fused-ring (bicyclic) bond motifs is 1. The van der Waals surface area contributed by atoms with Crippen LogP contribution in [0.1, 0.15) is 71.8 Å². The Bertz CT molecular complexity index is 1010. The average molecular weight is 505 g/mol. The quantitative estimate of drug-likeness (QED) is 0.300. The highest BCUT2D eigenvalue weighted by atomic mass is 19.4. The predicted molar refractivity (Wildman–Crippen MR) is 136 cm³/mol. The first-order valence-electron chi connectivity index (χ1n) is 12.8. The van der Waals surface area contributed by atoms with Crippen LogP contribution in [-0.4, -0.2) is 25.4 Å². The molecule has 36 heavy (non-hydrogen) atoms. The fraction of sp³-hybridized carbons (Fsp3) is 0.567. The zero-order chi connectivity index (χ0) is 26.7. The molecule has 3 rings (SSSR count). The molecule has 2 aliphatic carbocycles. The van der Waals surface area contributed by atoms with Gasteiger partial charge in [0.15, 0.2) is 0 Å². The van der Waals surface area contributed by atoms with Gasteiger partial charge in [0.05, 0.1) is 0 Å². The molecule has 0 aliphatic heterocycles. The van der Waals surface area contributed by atoms with Gasteiger partial charge in [-0.1, -0.05) is 81.0 Å². The number of ether oxygens (including phenoxy) is 2. The van der Waals surface area contributed by atoms with Crippen molar-refractivity contribution < 1.29 is 27.4 Å². The summed E-state index contributed by atoms with van der Waals surface area (Å²) in [5.74, 6) is -0.615. The fourth-order valence-corrected chi connectivity index (χ4v) is 5.83. The van der Waals surface area contributed by atoms with Gasteiger partial charge in [-0.25, -0.2) is 4.79 Å². The Morgan fingerprint density at radius 1 is 1.17 bits per heavy atom. The average Bonchev–Trinajstić information content (AvgIpc) is 3.13. The third-order valence-electron chi connectivity index (χ3n) is 8.02. The van der Waals surface area contributed by atoms with Crippen LogP contribution in [0.25, 0.3) is 0 Å². The second-order valence-electron chi connectivity index (χ2n) is 10.9. The number of methoxy groups -OCH3 is 1. The summed E-state index contributed by atoms with van der Waals surface area (Å²) in [7, 11) is 0.897. The van der Waals surface area contributed by atoms with Crippen LogP contribution in [0.5, 0.6) is 0 Å². The van der Waals surface area contributed by atoms with Crippen LogP contribution in [0.4, 0.5) is 13.2 Å². The van der Waals surface area contributed by atoms with Gasteiger partial charge in [0, 0.05) is 12.7 Å². The molecule has 0 bridgehead atoms. The number of esters is 1. The third kappa shape index (κ3) is 5.49. The van der Waals surface area contributed by atoms with Crippen LogP contribution < -0.4 is 0 Å². The number of carbonyl (C=O) groups excluding carboxylic acids is 1. The first-order chi connectivity index (χ1) is 16.9. The zero-order valence-electron chi connectivity index (χ0n) is 22.1. The molecule has 0 amide bonds. The highest BCUT2D eigenvalue weighted by molar-refractivity contribution is 5.83. The van der Waals surface area contributed by atoms with Crippen molar-refractivity contribution in [1.82, 2.24) is 0 Å². The molecule has 0 spiro atoms. The van der Waals surface area contributed by atoms with Gasteiger partial charge < -0.3 is 9.47 Å². The van der Waals surface area contributed by atoms with Gasteiger partial charge in [0.25, 0.3) is 5.60 Å². The van der Waals surface area contributed by atoms with E-state index in [4.69, 9.17) is 9.47 Å². The molecule has 1 aromatic carbocycles. The van der Waals surface area contributed by atoms with E-state index < -0.39 is 23.9 Å². The van der Waals surface area contributed by atoms with Crippen molar-refractivity contribution in [2.45, 2.75) is 84.1 Å². The summed E-state index contributed by atoms with van der Waals surface area (Å²) in [6.45, 7) is 12.8. The highest BCUT2D eigenvalue weighted by Gasteiger charge is 2.64. The Kier molecular flexibility index (Phi) is 8.59. The van der Waals surface area contributed by atoms with Crippen molar-refractivity contribution in [2.75, 3.05) is 7.11 Å². The van der Waals surface area contributed by atoms with Gasteiger partial charge in [0.1, 0.15) is 6.10 Å². The first kappa shape index (κ1) is 28.2. The van der Waals surface area contributed by atoms with Gasteiger partial charge in [-0.05, 0) is 68.3 Å². The molecule has 198 valence electrons. The second kappa shape index (κ2) is 11.0.